The molecule has 0 amide bonds. The molecule has 2 rings (SSSR count). The number of thiophene rings is 1. The lowest BCUT2D eigenvalue weighted by Gasteiger charge is -2.03. The topological polar surface area (TPSA) is 21.3 Å². The Morgan fingerprint density at radius 1 is 1.29 bits per heavy atom. The van der Waals surface area contributed by atoms with E-state index in [1.807, 2.05) is 17.4 Å². The zero-order chi connectivity index (χ0) is 12.3. The van der Waals surface area contributed by atoms with Gasteiger partial charge in [0.1, 0.15) is 5.75 Å². The number of ether oxygens (including phenoxy) is 1. The van der Waals surface area contributed by atoms with E-state index in [1.165, 1.54) is 20.5 Å². The highest BCUT2D eigenvalue weighted by atomic mass is 32.1. The van der Waals surface area contributed by atoms with Crippen molar-refractivity contribution < 1.29 is 4.74 Å². The van der Waals surface area contributed by atoms with Crippen LogP contribution in [-0.4, -0.2) is 13.7 Å². The Morgan fingerprint density at radius 3 is 2.76 bits per heavy atom. The number of benzene rings is 1. The minimum atomic E-state index is 0.944. The van der Waals surface area contributed by atoms with Crippen molar-refractivity contribution in [3.63, 3.8) is 0 Å². The molecule has 1 N–H and O–H groups in total. The van der Waals surface area contributed by atoms with Crippen molar-refractivity contribution in [1.82, 2.24) is 5.32 Å². The van der Waals surface area contributed by atoms with Crippen LogP contribution in [0.2, 0.25) is 0 Å². The van der Waals surface area contributed by atoms with Gasteiger partial charge in [-0.2, -0.15) is 0 Å². The van der Waals surface area contributed by atoms with Crippen LogP contribution in [0.25, 0.3) is 10.1 Å². The SMILES string of the molecule is CCNCc1sc2ccc(OC)cc2c1CC. The van der Waals surface area contributed by atoms with Crippen LogP contribution in [0, 0.1) is 0 Å². The molecule has 0 fully saturated rings. The van der Waals surface area contributed by atoms with E-state index in [9.17, 15) is 0 Å². The smallest absolute Gasteiger partial charge is 0.119 e. The second-order valence-electron chi connectivity index (χ2n) is 4.00. The average molecular weight is 249 g/mol. The molecule has 1 aromatic carbocycles. The summed E-state index contributed by atoms with van der Waals surface area (Å²) < 4.78 is 6.66. The fourth-order valence-electron chi connectivity index (χ4n) is 2.07. The number of hydrogen-bond acceptors (Lipinski definition) is 3. The summed E-state index contributed by atoms with van der Waals surface area (Å²) in [5.74, 6) is 0.944. The van der Waals surface area contributed by atoms with Gasteiger partial charge in [-0.3, -0.25) is 0 Å². The Bertz CT molecular complexity index is 504. The van der Waals surface area contributed by atoms with E-state index in [1.54, 1.807) is 7.11 Å². The molecular formula is C14H19NOS. The van der Waals surface area contributed by atoms with Crippen molar-refractivity contribution in [3.8, 4) is 5.75 Å². The maximum atomic E-state index is 5.30. The molecule has 0 saturated carbocycles. The van der Waals surface area contributed by atoms with E-state index < -0.39 is 0 Å². The highest BCUT2D eigenvalue weighted by molar-refractivity contribution is 7.19. The first-order valence-corrected chi connectivity index (χ1v) is 6.90. The number of aryl methyl sites for hydroxylation is 1. The molecule has 0 unspecified atom stereocenters. The Labute approximate surface area is 107 Å². The first kappa shape index (κ1) is 12.4. The molecule has 0 atom stereocenters. The predicted molar refractivity (Wildman–Crippen MR) is 75.1 cm³/mol. The first-order valence-electron chi connectivity index (χ1n) is 6.09. The summed E-state index contributed by atoms with van der Waals surface area (Å²) in [5, 5.41) is 4.76. The first-order chi connectivity index (χ1) is 8.30. The van der Waals surface area contributed by atoms with Crippen molar-refractivity contribution in [2.75, 3.05) is 13.7 Å². The Balaban J connectivity index is 2.47. The fourth-order valence-corrected chi connectivity index (χ4v) is 3.32. The van der Waals surface area contributed by atoms with Crippen LogP contribution in [-0.2, 0) is 13.0 Å². The summed E-state index contributed by atoms with van der Waals surface area (Å²) in [4.78, 5) is 1.46. The van der Waals surface area contributed by atoms with E-state index in [0.29, 0.717) is 0 Å². The summed E-state index contributed by atoms with van der Waals surface area (Å²) in [5.41, 5.74) is 1.46. The molecule has 0 saturated heterocycles. The fraction of sp³-hybridized carbons (Fsp3) is 0.429. The van der Waals surface area contributed by atoms with Crippen LogP contribution in [0.5, 0.6) is 5.75 Å². The molecule has 2 aromatic rings. The van der Waals surface area contributed by atoms with Gasteiger partial charge in [-0.15, -0.1) is 11.3 Å². The number of hydrogen-bond donors (Lipinski definition) is 1. The van der Waals surface area contributed by atoms with E-state index in [-0.39, 0.29) is 0 Å². The largest absolute Gasteiger partial charge is 0.497 e. The lowest BCUT2D eigenvalue weighted by atomic mass is 10.1. The quantitative estimate of drug-likeness (QED) is 0.874. The summed E-state index contributed by atoms with van der Waals surface area (Å²) in [6.45, 7) is 6.35. The standard InChI is InChI=1S/C14H19NOS/c1-4-11-12-8-10(16-3)6-7-13(12)17-14(11)9-15-5-2/h6-8,15H,4-5,9H2,1-3H3. The predicted octanol–water partition coefficient (Wildman–Crippen LogP) is 3.58. The van der Waals surface area contributed by atoms with Crippen molar-refractivity contribution in [2.45, 2.75) is 26.8 Å². The van der Waals surface area contributed by atoms with Crippen LogP contribution in [0.1, 0.15) is 24.3 Å². The maximum Gasteiger partial charge on any atom is 0.119 e. The summed E-state index contributed by atoms with van der Waals surface area (Å²) in [7, 11) is 1.72. The maximum absolute atomic E-state index is 5.30. The Hall–Kier alpha value is -1.06. The van der Waals surface area contributed by atoms with Gasteiger partial charge in [-0.25, -0.2) is 0 Å². The van der Waals surface area contributed by atoms with Crippen LogP contribution in [0.4, 0.5) is 0 Å². The van der Waals surface area contributed by atoms with E-state index in [0.717, 1.165) is 25.3 Å². The third-order valence-corrected chi connectivity index (χ3v) is 4.18. The van der Waals surface area contributed by atoms with Gasteiger partial charge in [0, 0.05) is 16.1 Å². The van der Waals surface area contributed by atoms with Crippen LogP contribution >= 0.6 is 11.3 Å². The molecule has 0 spiro atoms. The Kier molecular flexibility index (Phi) is 4.02. The molecule has 0 aliphatic heterocycles. The van der Waals surface area contributed by atoms with Crippen molar-refractivity contribution in [2.24, 2.45) is 0 Å². The summed E-state index contributed by atoms with van der Waals surface area (Å²) in [6.07, 6.45) is 1.08. The minimum Gasteiger partial charge on any atom is -0.497 e. The highest BCUT2D eigenvalue weighted by Gasteiger charge is 2.10. The minimum absolute atomic E-state index is 0.944. The monoisotopic (exact) mass is 249 g/mol. The van der Waals surface area contributed by atoms with Gasteiger partial charge in [0.2, 0.25) is 0 Å². The lowest BCUT2D eigenvalue weighted by molar-refractivity contribution is 0.415. The average Bonchev–Trinajstić information content (AvgIpc) is 2.72. The van der Waals surface area contributed by atoms with Crippen LogP contribution in [0.15, 0.2) is 18.2 Å². The van der Waals surface area contributed by atoms with E-state index >= 15 is 0 Å². The van der Waals surface area contributed by atoms with Gasteiger partial charge in [0.25, 0.3) is 0 Å². The van der Waals surface area contributed by atoms with E-state index in [4.69, 9.17) is 4.74 Å². The zero-order valence-corrected chi connectivity index (χ0v) is 11.5. The van der Waals surface area contributed by atoms with Crippen LogP contribution in [0.3, 0.4) is 0 Å². The third-order valence-electron chi connectivity index (χ3n) is 2.97. The van der Waals surface area contributed by atoms with Gasteiger partial charge in [-0.1, -0.05) is 13.8 Å². The van der Waals surface area contributed by atoms with E-state index in [2.05, 4.69) is 31.3 Å². The van der Waals surface area contributed by atoms with Gasteiger partial charge in [-0.05, 0) is 42.1 Å². The van der Waals surface area contributed by atoms with Crippen molar-refractivity contribution in [3.05, 3.63) is 28.6 Å². The van der Waals surface area contributed by atoms with Gasteiger partial charge in [0.05, 0.1) is 7.11 Å². The number of fused-ring (bicyclic) bond motifs is 1. The molecule has 0 aliphatic carbocycles. The molecule has 0 aliphatic rings. The van der Waals surface area contributed by atoms with Gasteiger partial charge in [0.15, 0.2) is 0 Å². The lowest BCUT2D eigenvalue weighted by Crippen LogP contribution is -2.11. The van der Waals surface area contributed by atoms with Gasteiger partial charge >= 0.3 is 0 Å². The number of methoxy groups -OCH3 is 1. The van der Waals surface area contributed by atoms with Crippen molar-refractivity contribution >= 4 is 21.4 Å². The second-order valence-corrected chi connectivity index (χ2v) is 5.14. The molecule has 0 radical (unpaired) electrons. The Morgan fingerprint density at radius 2 is 2.12 bits per heavy atom. The number of nitrogens with one attached hydrogen (secondary N) is 1. The second kappa shape index (κ2) is 5.52. The zero-order valence-electron chi connectivity index (χ0n) is 10.7. The molecule has 1 aromatic heterocycles. The molecular weight excluding hydrogens is 230 g/mol. The molecule has 1 heterocycles. The molecule has 0 bridgehead atoms. The third kappa shape index (κ3) is 2.45. The van der Waals surface area contributed by atoms with Gasteiger partial charge < -0.3 is 10.1 Å². The molecule has 3 heteroatoms. The number of rotatable bonds is 5. The molecule has 17 heavy (non-hydrogen) atoms. The highest BCUT2D eigenvalue weighted by Crippen LogP contribution is 2.34. The van der Waals surface area contributed by atoms with Crippen LogP contribution < -0.4 is 10.1 Å². The summed E-state index contributed by atoms with van der Waals surface area (Å²) in [6, 6.07) is 6.35. The van der Waals surface area contributed by atoms with Crippen molar-refractivity contribution in [1.29, 1.82) is 0 Å². The summed E-state index contributed by atoms with van der Waals surface area (Å²) >= 11 is 1.89. The normalized spacial score (nSPS) is 11.0. The molecule has 92 valence electrons. The molecule has 2 nitrogen and oxygen atoms in total.